The Bertz CT molecular complexity index is 2270. The van der Waals surface area contributed by atoms with Crippen molar-refractivity contribution >= 4 is 28.0 Å². The minimum atomic E-state index is 0.881. The quantitative estimate of drug-likeness (QED) is 0.185. The molecular weight excluding hydrogens is 583 g/mol. The molecule has 9 rings (SSSR count). The third-order valence-corrected chi connectivity index (χ3v) is 9.59. The number of rotatable bonds is 6. The number of aryl methyl sites for hydroxylation is 2. The molecule has 0 saturated heterocycles. The van der Waals surface area contributed by atoms with Gasteiger partial charge in [0.2, 0.25) is 0 Å². The van der Waals surface area contributed by atoms with E-state index in [0.717, 1.165) is 41.2 Å². The smallest absolute Gasteiger partial charge is 0.159 e. The van der Waals surface area contributed by atoms with Crippen LogP contribution in [0.1, 0.15) is 11.3 Å². The molecule has 1 heterocycles. The van der Waals surface area contributed by atoms with Crippen LogP contribution >= 0.6 is 0 Å². The van der Waals surface area contributed by atoms with E-state index in [4.69, 9.17) is 4.42 Å². The van der Waals surface area contributed by atoms with Gasteiger partial charge < -0.3 is 9.32 Å². The van der Waals surface area contributed by atoms with Crippen molar-refractivity contribution in [3.05, 3.63) is 187 Å². The highest BCUT2D eigenvalue weighted by Gasteiger charge is 2.28. The van der Waals surface area contributed by atoms with Crippen molar-refractivity contribution in [3.8, 4) is 44.5 Å². The second-order valence-electron chi connectivity index (χ2n) is 12.4. The van der Waals surface area contributed by atoms with Crippen molar-refractivity contribution in [2.75, 3.05) is 4.90 Å². The normalized spacial score (nSPS) is 12.0. The summed E-state index contributed by atoms with van der Waals surface area (Å²) >= 11 is 0. The lowest BCUT2D eigenvalue weighted by molar-refractivity contribution is 0.546. The van der Waals surface area contributed by atoms with Gasteiger partial charge in [-0.25, -0.2) is 0 Å². The molecule has 0 amide bonds. The number of anilines is 3. The zero-order chi connectivity index (χ0) is 31.9. The number of benzene rings is 7. The van der Waals surface area contributed by atoms with Crippen LogP contribution in [-0.2, 0) is 12.8 Å². The molecule has 228 valence electrons. The Hall–Kier alpha value is -6.12. The molecule has 0 spiro atoms. The van der Waals surface area contributed by atoms with Crippen molar-refractivity contribution < 1.29 is 4.42 Å². The van der Waals surface area contributed by atoms with Crippen molar-refractivity contribution in [2.24, 2.45) is 0 Å². The molecular formula is C46H33NO. The maximum absolute atomic E-state index is 7.01. The second kappa shape index (κ2) is 11.9. The van der Waals surface area contributed by atoms with Crippen molar-refractivity contribution in [1.82, 2.24) is 0 Å². The summed E-state index contributed by atoms with van der Waals surface area (Å²) in [6.07, 6.45) is 1.86. The molecule has 0 N–H and O–H groups in total. The first-order valence-corrected chi connectivity index (χ1v) is 16.6. The van der Waals surface area contributed by atoms with Crippen molar-refractivity contribution in [3.63, 3.8) is 0 Å². The van der Waals surface area contributed by atoms with E-state index in [-0.39, 0.29) is 0 Å². The molecule has 1 aliphatic rings. The molecule has 1 aromatic heterocycles. The zero-order valence-corrected chi connectivity index (χ0v) is 26.5. The summed E-state index contributed by atoms with van der Waals surface area (Å²) in [5.41, 5.74) is 15.1. The standard InChI is InChI=1S/C46H33NO/c1-4-12-32(13-5-1)34-20-25-38(26-21-34)47(39-27-22-35(23-28-39)33-14-6-2-7-15-33)42-30-29-41(36-16-8-3-9-17-36)45-44-40-19-11-10-18-37(40)24-31-43(44)48-46(42)45/h1-23,25-30H,24,31H2. The summed E-state index contributed by atoms with van der Waals surface area (Å²) < 4.78 is 7.01. The molecule has 0 radical (unpaired) electrons. The highest BCUT2D eigenvalue weighted by Crippen LogP contribution is 2.50. The highest BCUT2D eigenvalue weighted by atomic mass is 16.3. The molecule has 8 aromatic rings. The van der Waals surface area contributed by atoms with Crippen LogP contribution in [0.2, 0.25) is 0 Å². The fourth-order valence-corrected chi connectivity index (χ4v) is 7.26. The molecule has 0 fully saturated rings. The Balaban J connectivity index is 1.27. The molecule has 0 unspecified atom stereocenters. The highest BCUT2D eigenvalue weighted by molar-refractivity contribution is 6.12. The Morgan fingerprint density at radius 3 is 1.48 bits per heavy atom. The van der Waals surface area contributed by atoms with Gasteiger partial charge in [-0.2, -0.15) is 0 Å². The lowest BCUT2D eigenvalue weighted by atomic mass is 9.86. The van der Waals surface area contributed by atoms with Gasteiger partial charge in [0.05, 0.1) is 5.69 Å². The molecule has 0 bridgehead atoms. The van der Waals surface area contributed by atoms with E-state index in [1.807, 2.05) is 0 Å². The largest absolute Gasteiger partial charge is 0.458 e. The van der Waals surface area contributed by atoms with Crippen LogP contribution in [-0.4, -0.2) is 0 Å². The lowest BCUT2D eigenvalue weighted by Gasteiger charge is -2.26. The first-order valence-electron chi connectivity index (χ1n) is 16.6. The maximum atomic E-state index is 7.01. The van der Waals surface area contributed by atoms with Gasteiger partial charge in [0.15, 0.2) is 5.58 Å². The van der Waals surface area contributed by atoms with E-state index in [9.17, 15) is 0 Å². The summed E-state index contributed by atoms with van der Waals surface area (Å²) in [4.78, 5) is 2.35. The molecule has 2 nitrogen and oxygen atoms in total. The zero-order valence-electron chi connectivity index (χ0n) is 26.5. The fourth-order valence-electron chi connectivity index (χ4n) is 7.26. The van der Waals surface area contributed by atoms with Crippen LogP contribution in [0.5, 0.6) is 0 Å². The van der Waals surface area contributed by atoms with Gasteiger partial charge in [0, 0.05) is 28.7 Å². The number of furan rings is 1. The van der Waals surface area contributed by atoms with E-state index in [1.54, 1.807) is 0 Å². The molecule has 0 aliphatic heterocycles. The average Bonchev–Trinajstić information content (AvgIpc) is 3.57. The predicted octanol–water partition coefficient (Wildman–Crippen LogP) is 12.7. The third kappa shape index (κ3) is 4.90. The van der Waals surface area contributed by atoms with Gasteiger partial charge in [-0.15, -0.1) is 0 Å². The van der Waals surface area contributed by atoms with Gasteiger partial charge in [0.25, 0.3) is 0 Å². The van der Waals surface area contributed by atoms with E-state index in [1.165, 1.54) is 55.5 Å². The number of hydrogen-bond acceptors (Lipinski definition) is 2. The van der Waals surface area contributed by atoms with Crippen LogP contribution in [0.15, 0.2) is 180 Å². The molecule has 2 heteroatoms. The van der Waals surface area contributed by atoms with Gasteiger partial charge in [-0.1, -0.05) is 146 Å². The van der Waals surface area contributed by atoms with Crippen LogP contribution in [0, 0.1) is 0 Å². The van der Waals surface area contributed by atoms with Crippen LogP contribution < -0.4 is 4.90 Å². The Morgan fingerprint density at radius 2 is 0.896 bits per heavy atom. The van der Waals surface area contributed by atoms with E-state index < -0.39 is 0 Å². The average molecular weight is 616 g/mol. The molecule has 7 aromatic carbocycles. The Labute approximate surface area is 281 Å². The predicted molar refractivity (Wildman–Crippen MR) is 200 cm³/mol. The van der Waals surface area contributed by atoms with Gasteiger partial charge in [0.1, 0.15) is 5.76 Å². The number of nitrogens with zero attached hydrogens (tertiary/aromatic N) is 1. The Morgan fingerprint density at radius 1 is 0.396 bits per heavy atom. The van der Waals surface area contributed by atoms with E-state index in [2.05, 4.69) is 181 Å². The minimum Gasteiger partial charge on any atom is -0.458 e. The van der Waals surface area contributed by atoms with Crippen LogP contribution in [0.4, 0.5) is 17.1 Å². The number of hydrogen-bond donors (Lipinski definition) is 0. The summed E-state index contributed by atoms with van der Waals surface area (Å²) in [5.74, 6) is 1.06. The van der Waals surface area contributed by atoms with E-state index >= 15 is 0 Å². The molecule has 48 heavy (non-hydrogen) atoms. The number of fused-ring (bicyclic) bond motifs is 5. The minimum absolute atomic E-state index is 0.881. The second-order valence-corrected chi connectivity index (χ2v) is 12.4. The molecule has 1 aliphatic carbocycles. The van der Waals surface area contributed by atoms with Gasteiger partial charge in [-0.3, -0.25) is 0 Å². The van der Waals surface area contributed by atoms with Gasteiger partial charge in [-0.05, 0) is 81.3 Å². The monoisotopic (exact) mass is 615 g/mol. The lowest BCUT2D eigenvalue weighted by Crippen LogP contribution is -2.10. The third-order valence-electron chi connectivity index (χ3n) is 9.59. The topological polar surface area (TPSA) is 16.4 Å². The summed E-state index contributed by atoms with van der Waals surface area (Å²) in [5, 5.41) is 1.17. The summed E-state index contributed by atoms with van der Waals surface area (Å²) in [6.45, 7) is 0. The van der Waals surface area contributed by atoms with Crippen molar-refractivity contribution in [1.29, 1.82) is 0 Å². The summed E-state index contributed by atoms with van der Waals surface area (Å²) in [6, 6.07) is 62.9. The van der Waals surface area contributed by atoms with Crippen LogP contribution in [0.25, 0.3) is 55.5 Å². The van der Waals surface area contributed by atoms with Crippen LogP contribution in [0.3, 0.4) is 0 Å². The van der Waals surface area contributed by atoms with Gasteiger partial charge >= 0.3 is 0 Å². The first kappa shape index (κ1) is 28.1. The molecule has 0 saturated carbocycles. The Kier molecular flexibility index (Phi) is 6.98. The fraction of sp³-hybridized carbons (Fsp3) is 0.0435. The van der Waals surface area contributed by atoms with Crippen molar-refractivity contribution in [2.45, 2.75) is 12.8 Å². The SMILES string of the molecule is c1ccc(-c2ccc(N(c3ccc(-c4ccccc4)cc3)c3ccc(-c4ccccc4)c4c5c(oc34)CCc3ccccc3-5)cc2)cc1. The molecule has 0 atom stereocenters. The first-order chi connectivity index (χ1) is 23.8. The maximum Gasteiger partial charge on any atom is 0.159 e. The van der Waals surface area contributed by atoms with E-state index in [0.29, 0.717) is 0 Å². The summed E-state index contributed by atoms with van der Waals surface area (Å²) in [7, 11) is 0.